The lowest BCUT2D eigenvalue weighted by Gasteiger charge is -2.27. The Kier molecular flexibility index (Phi) is 4.01. The van der Waals surface area contributed by atoms with Gasteiger partial charge in [-0.3, -0.25) is 0 Å². The summed E-state index contributed by atoms with van der Waals surface area (Å²) in [6, 6.07) is 14.8. The zero-order valence-corrected chi connectivity index (χ0v) is 11.5. The highest BCUT2D eigenvalue weighted by molar-refractivity contribution is 5.39. The Hall–Kier alpha value is -1.67. The van der Waals surface area contributed by atoms with Crippen LogP contribution < -0.4 is 5.73 Å². The van der Waals surface area contributed by atoms with E-state index in [-0.39, 0.29) is 5.82 Å². The number of halogens is 1. The highest BCUT2D eigenvalue weighted by atomic mass is 19.1. The molecule has 0 aliphatic rings. The summed E-state index contributed by atoms with van der Waals surface area (Å²) in [5.74, 6) is -0.256. The summed E-state index contributed by atoms with van der Waals surface area (Å²) in [6.45, 7) is 4.00. The van der Waals surface area contributed by atoms with Crippen molar-refractivity contribution in [2.45, 2.75) is 32.2 Å². The SMILES string of the molecule is CCCc1cccc(C(C)(N)c2ccccc2F)c1. The predicted molar refractivity (Wildman–Crippen MR) is 77.5 cm³/mol. The van der Waals surface area contributed by atoms with Gasteiger partial charge in [0.1, 0.15) is 5.82 Å². The average molecular weight is 257 g/mol. The lowest BCUT2D eigenvalue weighted by atomic mass is 9.84. The molecule has 2 heteroatoms. The van der Waals surface area contributed by atoms with E-state index in [2.05, 4.69) is 19.1 Å². The molecular formula is C17H20FN. The highest BCUT2D eigenvalue weighted by Crippen LogP contribution is 2.29. The van der Waals surface area contributed by atoms with E-state index < -0.39 is 5.54 Å². The molecule has 0 bridgehead atoms. The van der Waals surface area contributed by atoms with Gasteiger partial charge in [-0.15, -0.1) is 0 Å². The minimum Gasteiger partial charge on any atom is -0.318 e. The number of rotatable bonds is 4. The van der Waals surface area contributed by atoms with E-state index >= 15 is 0 Å². The Labute approximate surface area is 114 Å². The third-order valence-corrected chi connectivity index (χ3v) is 3.50. The largest absolute Gasteiger partial charge is 0.318 e. The maximum absolute atomic E-state index is 13.9. The first kappa shape index (κ1) is 13.8. The fourth-order valence-electron chi connectivity index (χ4n) is 2.38. The Balaban J connectivity index is 2.44. The van der Waals surface area contributed by atoms with Gasteiger partial charge in [0.05, 0.1) is 5.54 Å². The minimum absolute atomic E-state index is 0.256. The molecule has 2 aromatic rings. The molecular weight excluding hydrogens is 237 g/mol. The van der Waals surface area contributed by atoms with Crippen LogP contribution in [0, 0.1) is 5.82 Å². The lowest BCUT2D eigenvalue weighted by molar-refractivity contribution is 0.530. The summed E-state index contributed by atoms with van der Waals surface area (Å²) in [5, 5.41) is 0. The molecule has 0 aromatic heterocycles. The summed E-state index contributed by atoms with van der Waals surface area (Å²) < 4.78 is 13.9. The van der Waals surface area contributed by atoms with Crippen LogP contribution in [-0.2, 0) is 12.0 Å². The van der Waals surface area contributed by atoms with Crippen LogP contribution in [0.25, 0.3) is 0 Å². The number of hydrogen-bond donors (Lipinski definition) is 1. The Morgan fingerprint density at radius 1 is 1.11 bits per heavy atom. The van der Waals surface area contributed by atoms with Crippen molar-refractivity contribution in [1.82, 2.24) is 0 Å². The van der Waals surface area contributed by atoms with E-state index in [1.807, 2.05) is 25.1 Å². The molecule has 0 aliphatic carbocycles. The topological polar surface area (TPSA) is 26.0 Å². The maximum atomic E-state index is 13.9. The van der Waals surface area contributed by atoms with Crippen LogP contribution in [-0.4, -0.2) is 0 Å². The highest BCUT2D eigenvalue weighted by Gasteiger charge is 2.26. The fourth-order valence-corrected chi connectivity index (χ4v) is 2.38. The van der Waals surface area contributed by atoms with Gasteiger partial charge in [0, 0.05) is 5.56 Å². The van der Waals surface area contributed by atoms with Gasteiger partial charge in [0.25, 0.3) is 0 Å². The average Bonchev–Trinajstić information content (AvgIpc) is 2.40. The molecule has 2 rings (SSSR count). The molecule has 2 N–H and O–H groups in total. The molecule has 0 spiro atoms. The van der Waals surface area contributed by atoms with Gasteiger partial charge in [-0.25, -0.2) is 4.39 Å². The molecule has 0 amide bonds. The zero-order valence-electron chi connectivity index (χ0n) is 11.5. The van der Waals surface area contributed by atoms with Gasteiger partial charge in [-0.05, 0) is 30.5 Å². The first-order chi connectivity index (χ1) is 9.05. The summed E-state index contributed by atoms with van der Waals surface area (Å²) in [5.41, 5.74) is 8.30. The molecule has 0 saturated heterocycles. The van der Waals surface area contributed by atoms with Crippen molar-refractivity contribution < 1.29 is 4.39 Å². The molecule has 0 fully saturated rings. The molecule has 0 radical (unpaired) electrons. The van der Waals surface area contributed by atoms with Crippen LogP contribution in [0.15, 0.2) is 48.5 Å². The first-order valence-corrected chi connectivity index (χ1v) is 6.69. The Bertz CT molecular complexity index is 561. The van der Waals surface area contributed by atoms with Crippen molar-refractivity contribution in [1.29, 1.82) is 0 Å². The van der Waals surface area contributed by atoms with Crippen molar-refractivity contribution in [3.05, 3.63) is 71.0 Å². The number of nitrogens with two attached hydrogens (primary N) is 1. The van der Waals surface area contributed by atoms with E-state index in [1.54, 1.807) is 12.1 Å². The molecule has 0 heterocycles. The van der Waals surface area contributed by atoms with E-state index in [0.717, 1.165) is 18.4 Å². The van der Waals surface area contributed by atoms with Crippen LogP contribution in [0.4, 0.5) is 4.39 Å². The van der Waals surface area contributed by atoms with Gasteiger partial charge in [0.2, 0.25) is 0 Å². The molecule has 1 atom stereocenters. The second-order valence-corrected chi connectivity index (χ2v) is 5.13. The molecule has 0 aliphatic heterocycles. The smallest absolute Gasteiger partial charge is 0.128 e. The second kappa shape index (κ2) is 5.54. The van der Waals surface area contributed by atoms with Crippen LogP contribution >= 0.6 is 0 Å². The van der Waals surface area contributed by atoms with Gasteiger partial charge < -0.3 is 5.73 Å². The Morgan fingerprint density at radius 2 is 1.84 bits per heavy atom. The monoisotopic (exact) mass is 257 g/mol. The fraction of sp³-hybridized carbons (Fsp3) is 0.294. The number of benzene rings is 2. The van der Waals surface area contributed by atoms with Crippen molar-refractivity contribution in [3.63, 3.8) is 0 Å². The molecule has 0 saturated carbocycles. The predicted octanol–water partition coefficient (Wildman–Crippen LogP) is 4.00. The maximum Gasteiger partial charge on any atom is 0.128 e. The van der Waals surface area contributed by atoms with Crippen molar-refractivity contribution >= 4 is 0 Å². The van der Waals surface area contributed by atoms with Gasteiger partial charge >= 0.3 is 0 Å². The molecule has 19 heavy (non-hydrogen) atoms. The number of aryl methyl sites for hydroxylation is 1. The van der Waals surface area contributed by atoms with Crippen molar-refractivity contribution in [2.24, 2.45) is 5.73 Å². The van der Waals surface area contributed by atoms with Gasteiger partial charge in [-0.1, -0.05) is 55.8 Å². The molecule has 1 unspecified atom stereocenters. The van der Waals surface area contributed by atoms with Gasteiger partial charge in [-0.2, -0.15) is 0 Å². The molecule has 2 aromatic carbocycles. The van der Waals surface area contributed by atoms with Crippen molar-refractivity contribution in [3.8, 4) is 0 Å². The zero-order chi connectivity index (χ0) is 13.9. The Morgan fingerprint density at radius 3 is 2.53 bits per heavy atom. The van der Waals surface area contributed by atoms with E-state index in [4.69, 9.17) is 5.73 Å². The molecule has 1 nitrogen and oxygen atoms in total. The van der Waals surface area contributed by atoms with E-state index in [0.29, 0.717) is 5.56 Å². The lowest BCUT2D eigenvalue weighted by Crippen LogP contribution is -2.35. The summed E-state index contributed by atoms with van der Waals surface area (Å²) in [4.78, 5) is 0. The van der Waals surface area contributed by atoms with Crippen molar-refractivity contribution in [2.75, 3.05) is 0 Å². The minimum atomic E-state index is -0.810. The standard InChI is InChI=1S/C17H20FN/c1-3-7-13-8-6-9-14(12-13)17(2,19)15-10-4-5-11-16(15)18/h4-6,8-12H,3,7,19H2,1-2H3. The summed E-state index contributed by atoms with van der Waals surface area (Å²) in [6.07, 6.45) is 2.10. The van der Waals surface area contributed by atoms with Gasteiger partial charge in [0.15, 0.2) is 0 Å². The summed E-state index contributed by atoms with van der Waals surface area (Å²) in [7, 11) is 0. The number of hydrogen-bond acceptors (Lipinski definition) is 1. The van der Waals surface area contributed by atoms with E-state index in [1.165, 1.54) is 11.6 Å². The normalized spacial score (nSPS) is 14.1. The quantitative estimate of drug-likeness (QED) is 0.880. The van der Waals surface area contributed by atoms with E-state index in [9.17, 15) is 4.39 Å². The third-order valence-electron chi connectivity index (χ3n) is 3.50. The van der Waals surface area contributed by atoms with Crippen LogP contribution in [0.5, 0.6) is 0 Å². The second-order valence-electron chi connectivity index (χ2n) is 5.13. The van der Waals surface area contributed by atoms with Crippen LogP contribution in [0.2, 0.25) is 0 Å². The van der Waals surface area contributed by atoms with Crippen LogP contribution in [0.1, 0.15) is 37.0 Å². The summed E-state index contributed by atoms with van der Waals surface area (Å²) >= 11 is 0. The molecule has 100 valence electrons. The third kappa shape index (κ3) is 2.85. The first-order valence-electron chi connectivity index (χ1n) is 6.69. The van der Waals surface area contributed by atoms with Crippen LogP contribution in [0.3, 0.4) is 0 Å².